The number of nitrogens with zero attached hydrogens (tertiary/aromatic N) is 2. The maximum Gasteiger partial charge on any atom is 0.317 e. The third-order valence-corrected chi connectivity index (χ3v) is 6.00. The Morgan fingerprint density at radius 3 is 2.45 bits per heavy atom. The van der Waals surface area contributed by atoms with Crippen molar-refractivity contribution in [2.45, 2.75) is 11.1 Å². The van der Waals surface area contributed by atoms with Crippen LogP contribution in [0.25, 0.3) is 10.2 Å². The number of carbonyl (C=O) groups excluding carboxylic acids is 2. The number of thiophene rings is 1. The Kier molecular flexibility index (Phi) is 5.97. The fourth-order valence-electron chi connectivity index (χ4n) is 2.83. The number of fused-ring (bicyclic) bond motifs is 1. The lowest BCUT2D eigenvalue weighted by atomic mass is 10.00. The summed E-state index contributed by atoms with van der Waals surface area (Å²) in [4.78, 5) is 34.9. The third kappa shape index (κ3) is 4.52. The van der Waals surface area contributed by atoms with Gasteiger partial charge in [-0.25, -0.2) is 9.97 Å². The first kappa shape index (κ1) is 19.3. The van der Waals surface area contributed by atoms with Crippen molar-refractivity contribution in [3.63, 3.8) is 0 Å². The fraction of sp³-hybridized carbons (Fsp3) is 0.0909. The zero-order valence-electron chi connectivity index (χ0n) is 15.2. The second-order valence-electron chi connectivity index (χ2n) is 6.12. The maximum absolute atomic E-state index is 13.0. The highest BCUT2D eigenvalue weighted by Gasteiger charge is 2.26. The van der Waals surface area contributed by atoms with Crippen molar-refractivity contribution in [1.29, 1.82) is 0 Å². The third-order valence-electron chi connectivity index (χ3n) is 4.20. The number of esters is 1. The standard InChI is InChI=1S/C22H16N2O3S2/c25-18(13-29-22-17-11-12-28-21(17)23-14-24-22)27-20(16-9-5-2-6-10-16)19(26)15-7-3-1-4-8-15/h1-12,14,20H,13H2. The number of hydrogen-bond donors (Lipinski definition) is 0. The molecule has 7 heteroatoms. The summed E-state index contributed by atoms with van der Waals surface area (Å²) in [5.74, 6) is -0.680. The van der Waals surface area contributed by atoms with Crippen LogP contribution in [0.15, 0.2) is 83.5 Å². The van der Waals surface area contributed by atoms with Crippen LogP contribution in [0.2, 0.25) is 0 Å². The van der Waals surface area contributed by atoms with Crippen molar-refractivity contribution in [3.8, 4) is 0 Å². The summed E-state index contributed by atoms with van der Waals surface area (Å²) in [6.07, 6.45) is 0.497. The van der Waals surface area contributed by atoms with E-state index >= 15 is 0 Å². The Hall–Kier alpha value is -3.03. The van der Waals surface area contributed by atoms with E-state index in [4.69, 9.17) is 4.74 Å². The SMILES string of the molecule is O=C(CSc1ncnc2sccc12)OC(C(=O)c1ccccc1)c1ccccc1. The lowest BCUT2D eigenvalue weighted by Gasteiger charge is -2.17. The zero-order chi connectivity index (χ0) is 20.1. The molecule has 0 aliphatic heterocycles. The Morgan fingerprint density at radius 2 is 1.69 bits per heavy atom. The quantitative estimate of drug-likeness (QED) is 0.182. The molecule has 0 radical (unpaired) electrons. The van der Waals surface area contributed by atoms with E-state index in [0.29, 0.717) is 11.1 Å². The van der Waals surface area contributed by atoms with Crippen molar-refractivity contribution in [2.75, 3.05) is 5.75 Å². The average molecular weight is 421 g/mol. The predicted molar refractivity (Wildman–Crippen MR) is 114 cm³/mol. The summed E-state index contributed by atoms with van der Waals surface area (Å²) in [6.45, 7) is 0. The number of hydrogen-bond acceptors (Lipinski definition) is 7. The maximum atomic E-state index is 13.0. The highest BCUT2D eigenvalue weighted by atomic mass is 32.2. The summed E-state index contributed by atoms with van der Waals surface area (Å²) in [6, 6.07) is 19.8. The van der Waals surface area contributed by atoms with Gasteiger partial charge in [0.1, 0.15) is 16.2 Å². The molecule has 0 N–H and O–H groups in total. The van der Waals surface area contributed by atoms with Crippen LogP contribution in [-0.2, 0) is 9.53 Å². The average Bonchev–Trinajstić information content (AvgIpc) is 3.26. The Morgan fingerprint density at radius 1 is 0.966 bits per heavy atom. The Balaban J connectivity index is 1.50. The van der Waals surface area contributed by atoms with Crippen molar-refractivity contribution in [3.05, 3.63) is 89.6 Å². The van der Waals surface area contributed by atoms with Crippen LogP contribution in [0.3, 0.4) is 0 Å². The molecule has 0 aliphatic rings. The van der Waals surface area contributed by atoms with Gasteiger partial charge in [-0.1, -0.05) is 72.4 Å². The van der Waals surface area contributed by atoms with Crippen LogP contribution in [0.4, 0.5) is 0 Å². The molecule has 5 nitrogen and oxygen atoms in total. The van der Waals surface area contributed by atoms with Crippen LogP contribution in [-0.4, -0.2) is 27.5 Å². The minimum absolute atomic E-state index is 0.0490. The normalized spacial score (nSPS) is 11.9. The van der Waals surface area contributed by atoms with Crippen LogP contribution in [0.1, 0.15) is 22.0 Å². The molecule has 1 atom stereocenters. The van der Waals surface area contributed by atoms with Gasteiger partial charge in [0.2, 0.25) is 5.78 Å². The lowest BCUT2D eigenvalue weighted by molar-refractivity contribution is -0.144. The first-order valence-corrected chi connectivity index (χ1v) is 10.7. The summed E-state index contributed by atoms with van der Waals surface area (Å²) in [5.41, 5.74) is 1.14. The minimum atomic E-state index is -0.988. The fourth-order valence-corrected chi connectivity index (χ4v) is 4.39. The molecule has 0 spiro atoms. The number of ketones is 1. The summed E-state index contributed by atoms with van der Waals surface area (Å²) >= 11 is 2.80. The number of ether oxygens (including phenoxy) is 1. The van der Waals surface area contributed by atoms with Gasteiger partial charge in [-0.15, -0.1) is 11.3 Å². The van der Waals surface area contributed by atoms with E-state index in [1.54, 1.807) is 36.4 Å². The highest BCUT2D eigenvalue weighted by Crippen LogP contribution is 2.29. The molecular formula is C22H16N2O3S2. The van der Waals surface area contributed by atoms with Gasteiger partial charge in [-0.3, -0.25) is 9.59 Å². The summed E-state index contributed by atoms with van der Waals surface area (Å²) in [7, 11) is 0. The van der Waals surface area contributed by atoms with E-state index in [2.05, 4.69) is 9.97 Å². The van der Waals surface area contributed by atoms with Crippen LogP contribution in [0.5, 0.6) is 0 Å². The van der Waals surface area contributed by atoms with Crippen LogP contribution in [0, 0.1) is 0 Å². The predicted octanol–water partition coefficient (Wildman–Crippen LogP) is 4.95. The van der Waals surface area contributed by atoms with Crippen LogP contribution >= 0.6 is 23.1 Å². The van der Waals surface area contributed by atoms with Crippen molar-refractivity contribution >= 4 is 45.1 Å². The number of thioether (sulfide) groups is 1. The molecule has 4 aromatic rings. The Bertz CT molecular complexity index is 1130. The van der Waals surface area contributed by atoms with Crippen LogP contribution < -0.4 is 0 Å². The molecule has 2 heterocycles. The van der Waals surface area contributed by atoms with E-state index in [-0.39, 0.29) is 11.5 Å². The Labute approximate surface area is 175 Å². The molecule has 4 rings (SSSR count). The molecule has 1 unspecified atom stereocenters. The zero-order valence-corrected chi connectivity index (χ0v) is 16.9. The molecule has 144 valence electrons. The molecule has 0 aliphatic carbocycles. The van der Waals surface area contributed by atoms with Gasteiger partial charge < -0.3 is 4.74 Å². The molecule has 0 saturated carbocycles. The van der Waals surface area contributed by atoms with E-state index < -0.39 is 12.1 Å². The first-order chi connectivity index (χ1) is 14.2. The van der Waals surface area contributed by atoms with Crippen molar-refractivity contribution in [2.24, 2.45) is 0 Å². The molecular weight excluding hydrogens is 404 g/mol. The van der Waals surface area contributed by atoms with E-state index in [0.717, 1.165) is 15.2 Å². The van der Waals surface area contributed by atoms with Crippen molar-refractivity contribution in [1.82, 2.24) is 9.97 Å². The molecule has 2 aromatic heterocycles. The van der Waals surface area contributed by atoms with E-state index in [1.165, 1.54) is 29.4 Å². The second-order valence-corrected chi connectivity index (χ2v) is 7.98. The monoisotopic (exact) mass is 420 g/mol. The first-order valence-electron chi connectivity index (χ1n) is 8.87. The number of Topliss-reactive ketones (excluding diaryl/α,β-unsaturated/α-hetero) is 1. The molecule has 0 saturated heterocycles. The summed E-state index contributed by atoms with van der Waals surface area (Å²) in [5, 5.41) is 3.57. The molecule has 0 bridgehead atoms. The lowest BCUT2D eigenvalue weighted by Crippen LogP contribution is -2.21. The highest BCUT2D eigenvalue weighted by molar-refractivity contribution is 8.00. The van der Waals surface area contributed by atoms with E-state index in [9.17, 15) is 9.59 Å². The van der Waals surface area contributed by atoms with Gasteiger partial charge in [0.15, 0.2) is 6.10 Å². The topological polar surface area (TPSA) is 69.2 Å². The number of rotatable bonds is 7. The van der Waals surface area contributed by atoms with Gasteiger partial charge in [0.05, 0.1) is 5.75 Å². The van der Waals surface area contributed by atoms with Gasteiger partial charge >= 0.3 is 5.97 Å². The molecule has 0 fully saturated rings. The van der Waals surface area contributed by atoms with Gasteiger partial charge in [0, 0.05) is 16.5 Å². The smallest absolute Gasteiger partial charge is 0.317 e. The second kappa shape index (κ2) is 8.98. The van der Waals surface area contributed by atoms with Gasteiger partial charge in [-0.2, -0.15) is 0 Å². The number of benzene rings is 2. The van der Waals surface area contributed by atoms with Gasteiger partial charge in [0.25, 0.3) is 0 Å². The van der Waals surface area contributed by atoms with Crippen molar-refractivity contribution < 1.29 is 14.3 Å². The minimum Gasteiger partial charge on any atom is -0.448 e. The largest absolute Gasteiger partial charge is 0.448 e. The number of carbonyl (C=O) groups is 2. The van der Waals surface area contributed by atoms with Gasteiger partial charge in [-0.05, 0) is 11.4 Å². The number of aromatic nitrogens is 2. The summed E-state index contributed by atoms with van der Waals surface area (Å²) < 4.78 is 5.62. The van der Waals surface area contributed by atoms with E-state index in [1.807, 2.05) is 35.7 Å². The molecule has 29 heavy (non-hydrogen) atoms. The molecule has 2 aromatic carbocycles. The molecule has 0 amide bonds.